The summed E-state index contributed by atoms with van der Waals surface area (Å²) in [6.45, 7) is 0. The number of hydrogen-bond acceptors (Lipinski definition) is 5. The summed E-state index contributed by atoms with van der Waals surface area (Å²) in [6.07, 6.45) is 1.72. The standard InChI is InChI=1S/C32H20N4O2/c37-31-25-12-4-9-21-10-5-13-26(28(21)25)32(38)36(31)24-16-14-23(15-17-24)34-30-27(20-7-2-1-3-8-20)19-22-11-6-18-33-29(22)35-30/h1-19H,(H,33,34,35). The maximum Gasteiger partial charge on any atom is 0.265 e. The molecule has 0 aliphatic carbocycles. The number of pyridine rings is 2. The van der Waals surface area contributed by atoms with E-state index in [9.17, 15) is 9.59 Å². The molecule has 1 N–H and O–H groups in total. The molecule has 3 heterocycles. The number of amides is 2. The van der Waals surface area contributed by atoms with Gasteiger partial charge in [-0.25, -0.2) is 14.9 Å². The van der Waals surface area contributed by atoms with Crippen molar-refractivity contribution in [2.75, 3.05) is 10.2 Å². The molecule has 0 spiro atoms. The molecule has 0 saturated heterocycles. The van der Waals surface area contributed by atoms with E-state index in [0.717, 1.165) is 27.6 Å². The summed E-state index contributed by atoms with van der Waals surface area (Å²) in [6, 6.07) is 34.3. The van der Waals surface area contributed by atoms with Gasteiger partial charge < -0.3 is 5.32 Å². The smallest absolute Gasteiger partial charge is 0.265 e. The summed E-state index contributed by atoms with van der Waals surface area (Å²) in [5.41, 5.74) is 4.95. The summed E-state index contributed by atoms with van der Waals surface area (Å²) in [5, 5.41) is 5.95. The average Bonchev–Trinajstić information content (AvgIpc) is 2.97. The van der Waals surface area contributed by atoms with Crippen LogP contribution in [0.25, 0.3) is 32.9 Å². The van der Waals surface area contributed by atoms with Crippen LogP contribution in [0.15, 0.2) is 115 Å². The van der Waals surface area contributed by atoms with E-state index in [1.54, 1.807) is 30.5 Å². The van der Waals surface area contributed by atoms with Gasteiger partial charge in [0, 0.05) is 39.3 Å². The van der Waals surface area contributed by atoms with Gasteiger partial charge in [0.2, 0.25) is 0 Å². The van der Waals surface area contributed by atoms with E-state index in [1.165, 1.54) is 4.90 Å². The number of nitrogens with zero attached hydrogens (tertiary/aromatic N) is 3. The van der Waals surface area contributed by atoms with Crippen LogP contribution >= 0.6 is 0 Å². The summed E-state index contributed by atoms with van der Waals surface area (Å²) >= 11 is 0. The van der Waals surface area contributed by atoms with Crippen molar-refractivity contribution >= 4 is 50.8 Å². The van der Waals surface area contributed by atoms with Gasteiger partial charge >= 0.3 is 0 Å². The Morgan fingerprint density at radius 2 is 1.32 bits per heavy atom. The van der Waals surface area contributed by atoms with Gasteiger partial charge in [0.05, 0.1) is 5.69 Å². The second-order valence-corrected chi connectivity index (χ2v) is 9.13. The quantitative estimate of drug-likeness (QED) is 0.268. The molecule has 2 aromatic heterocycles. The van der Waals surface area contributed by atoms with Crippen LogP contribution in [-0.4, -0.2) is 21.8 Å². The van der Waals surface area contributed by atoms with Crippen molar-refractivity contribution < 1.29 is 9.59 Å². The first-order valence-electron chi connectivity index (χ1n) is 12.3. The highest BCUT2D eigenvalue weighted by atomic mass is 16.2. The summed E-state index contributed by atoms with van der Waals surface area (Å²) < 4.78 is 0. The molecule has 4 aromatic carbocycles. The number of anilines is 3. The molecule has 0 atom stereocenters. The first-order valence-corrected chi connectivity index (χ1v) is 12.3. The van der Waals surface area contributed by atoms with E-state index in [-0.39, 0.29) is 11.8 Å². The van der Waals surface area contributed by atoms with Gasteiger partial charge in [-0.15, -0.1) is 0 Å². The number of carbonyl (C=O) groups excluding carboxylic acids is 2. The molecule has 0 radical (unpaired) electrons. The van der Waals surface area contributed by atoms with Crippen molar-refractivity contribution in [2.24, 2.45) is 0 Å². The highest BCUT2D eigenvalue weighted by Gasteiger charge is 2.33. The van der Waals surface area contributed by atoms with Gasteiger partial charge in [0.15, 0.2) is 5.65 Å². The average molecular weight is 493 g/mol. The SMILES string of the molecule is O=C1c2cccc3cccc(c23)C(=O)N1c1ccc(Nc2nc3ncccc3cc2-c2ccccc2)cc1. The Bertz CT molecular complexity index is 1830. The van der Waals surface area contributed by atoms with Crippen LogP contribution in [0, 0.1) is 0 Å². The number of hydrogen-bond donors (Lipinski definition) is 1. The number of fused-ring (bicyclic) bond motifs is 1. The third kappa shape index (κ3) is 3.50. The Morgan fingerprint density at radius 3 is 2.03 bits per heavy atom. The van der Waals surface area contributed by atoms with Gasteiger partial charge in [-0.2, -0.15) is 0 Å². The number of rotatable bonds is 4. The van der Waals surface area contributed by atoms with Crippen LogP contribution in [-0.2, 0) is 0 Å². The van der Waals surface area contributed by atoms with Gasteiger partial charge in [-0.1, -0.05) is 54.6 Å². The normalized spacial score (nSPS) is 12.8. The van der Waals surface area contributed by atoms with Crippen molar-refractivity contribution in [2.45, 2.75) is 0 Å². The lowest BCUT2D eigenvalue weighted by Crippen LogP contribution is -2.40. The van der Waals surface area contributed by atoms with E-state index in [0.29, 0.717) is 33.7 Å². The maximum atomic E-state index is 13.4. The van der Waals surface area contributed by atoms with E-state index in [2.05, 4.69) is 16.4 Å². The predicted octanol–water partition coefficient (Wildman–Crippen LogP) is 6.99. The number of imide groups is 1. The van der Waals surface area contributed by atoms with Crippen LogP contribution in [0.2, 0.25) is 0 Å². The molecule has 0 unspecified atom stereocenters. The third-order valence-electron chi connectivity index (χ3n) is 6.83. The second-order valence-electron chi connectivity index (χ2n) is 9.13. The lowest BCUT2D eigenvalue weighted by molar-refractivity contribution is 0.0893. The highest BCUT2D eigenvalue weighted by molar-refractivity contribution is 6.35. The first kappa shape index (κ1) is 21.9. The minimum Gasteiger partial charge on any atom is -0.340 e. The topological polar surface area (TPSA) is 75.2 Å². The number of carbonyl (C=O) groups is 2. The zero-order valence-electron chi connectivity index (χ0n) is 20.1. The van der Waals surface area contributed by atoms with Gasteiger partial charge in [-0.05, 0) is 65.5 Å². The van der Waals surface area contributed by atoms with Crippen LogP contribution < -0.4 is 10.2 Å². The molecule has 180 valence electrons. The maximum absolute atomic E-state index is 13.4. The van der Waals surface area contributed by atoms with Gasteiger partial charge in [0.1, 0.15) is 5.82 Å². The molecule has 0 fully saturated rings. The third-order valence-corrected chi connectivity index (χ3v) is 6.83. The van der Waals surface area contributed by atoms with Crippen molar-refractivity contribution in [3.05, 3.63) is 127 Å². The van der Waals surface area contributed by atoms with Crippen LogP contribution in [0.1, 0.15) is 20.7 Å². The summed E-state index contributed by atoms with van der Waals surface area (Å²) in [4.78, 5) is 37.2. The lowest BCUT2D eigenvalue weighted by Gasteiger charge is -2.27. The predicted molar refractivity (Wildman–Crippen MR) is 150 cm³/mol. The van der Waals surface area contributed by atoms with E-state index >= 15 is 0 Å². The molecule has 1 aliphatic rings. The fourth-order valence-electron chi connectivity index (χ4n) is 5.03. The molecule has 1 aliphatic heterocycles. The minimum atomic E-state index is -0.325. The molecular weight excluding hydrogens is 472 g/mol. The Labute approximate surface area is 218 Å². The number of aromatic nitrogens is 2. The van der Waals surface area contributed by atoms with Gasteiger partial charge in [-0.3, -0.25) is 9.59 Å². The van der Waals surface area contributed by atoms with Crippen molar-refractivity contribution in [1.82, 2.24) is 9.97 Å². The molecule has 6 aromatic rings. The Balaban J connectivity index is 1.25. The van der Waals surface area contributed by atoms with Gasteiger partial charge in [0.25, 0.3) is 11.8 Å². The molecule has 7 rings (SSSR count). The molecule has 2 amide bonds. The van der Waals surface area contributed by atoms with E-state index in [4.69, 9.17) is 4.98 Å². The Hall–Kier alpha value is -5.36. The fraction of sp³-hybridized carbons (Fsp3) is 0. The summed E-state index contributed by atoms with van der Waals surface area (Å²) in [7, 11) is 0. The molecule has 0 bridgehead atoms. The first-order chi connectivity index (χ1) is 18.7. The molecule has 6 nitrogen and oxygen atoms in total. The van der Waals surface area contributed by atoms with E-state index in [1.807, 2.05) is 78.9 Å². The fourth-order valence-corrected chi connectivity index (χ4v) is 5.03. The molecule has 6 heteroatoms. The zero-order valence-corrected chi connectivity index (χ0v) is 20.1. The molecule has 0 saturated carbocycles. The van der Waals surface area contributed by atoms with Crippen LogP contribution in [0.3, 0.4) is 0 Å². The zero-order chi connectivity index (χ0) is 25.6. The van der Waals surface area contributed by atoms with Crippen molar-refractivity contribution in [3.63, 3.8) is 0 Å². The van der Waals surface area contributed by atoms with Crippen molar-refractivity contribution in [3.8, 4) is 11.1 Å². The molecular formula is C32H20N4O2. The number of nitrogens with one attached hydrogen (secondary N) is 1. The van der Waals surface area contributed by atoms with Crippen LogP contribution in [0.5, 0.6) is 0 Å². The second kappa shape index (κ2) is 8.64. The Morgan fingerprint density at radius 1 is 0.632 bits per heavy atom. The highest BCUT2D eigenvalue weighted by Crippen LogP contribution is 2.35. The lowest BCUT2D eigenvalue weighted by atomic mass is 9.94. The van der Waals surface area contributed by atoms with Crippen LogP contribution in [0.4, 0.5) is 17.2 Å². The summed E-state index contributed by atoms with van der Waals surface area (Å²) in [5.74, 6) is 0.0168. The number of benzene rings is 4. The Kier molecular flexibility index (Phi) is 4.97. The molecule has 38 heavy (non-hydrogen) atoms. The minimum absolute atomic E-state index is 0.325. The van der Waals surface area contributed by atoms with Crippen molar-refractivity contribution in [1.29, 1.82) is 0 Å². The van der Waals surface area contributed by atoms with E-state index < -0.39 is 0 Å². The monoisotopic (exact) mass is 492 g/mol. The largest absolute Gasteiger partial charge is 0.340 e.